The third kappa shape index (κ3) is 6.07. The average molecular weight is 512 g/mol. The van der Waals surface area contributed by atoms with E-state index < -0.39 is 11.7 Å². The van der Waals surface area contributed by atoms with E-state index in [4.69, 9.17) is 4.74 Å². The minimum absolute atomic E-state index is 0.00748. The first-order valence-electron chi connectivity index (χ1n) is 12.5. The third-order valence-corrected chi connectivity index (χ3v) is 7.77. The highest BCUT2D eigenvalue weighted by Gasteiger charge is 2.35. The van der Waals surface area contributed by atoms with E-state index in [0.29, 0.717) is 17.5 Å². The van der Waals surface area contributed by atoms with Gasteiger partial charge in [0.1, 0.15) is 6.61 Å². The Morgan fingerprint density at radius 2 is 1.97 bits per heavy atom. The van der Waals surface area contributed by atoms with E-state index in [1.165, 1.54) is 11.3 Å². The SMILES string of the molecule is CC(C)(O)CNC1CC(C(=O)Nc2nc3ccc(-c4cnc(CO[C@H]5CCC[C@@H]5O)nc4)cc3s2)C1. The van der Waals surface area contributed by atoms with Crippen LogP contribution in [0.5, 0.6) is 0 Å². The summed E-state index contributed by atoms with van der Waals surface area (Å²) in [6, 6.07) is 6.21. The summed E-state index contributed by atoms with van der Waals surface area (Å²) >= 11 is 1.45. The molecule has 1 amide bonds. The molecule has 2 atom stereocenters. The van der Waals surface area contributed by atoms with Crippen molar-refractivity contribution in [2.75, 3.05) is 11.9 Å². The van der Waals surface area contributed by atoms with Gasteiger partial charge in [-0.1, -0.05) is 17.4 Å². The number of benzene rings is 1. The van der Waals surface area contributed by atoms with Gasteiger partial charge >= 0.3 is 0 Å². The molecule has 2 saturated carbocycles. The number of anilines is 1. The fraction of sp³-hybridized carbons (Fsp3) is 0.538. The minimum Gasteiger partial charge on any atom is -0.390 e. The topological polar surface area (TPSA) is 129 Å². The first-order chi connectivity index (χ1) is 17.2. The third-order valence-electron chi connectivity index (χ3n) is 6.83. The summed E-state index contributed by atoms with van der Waals surface area (Å²) in [5, 5.41) is 26.6. The molecule has 0 radical (unpaired) electrons. The molecule has 2 aliphatic rings. The summed E-state index contributed by atoms with van der Waals surface area (Å²) in [6.45, 7) is 4.33. The fourth-order valence-corrected chi connectivity index (χ4v) is 5.53. The Kier molecular flexibility index (Phi) is 7.32. The van der Waals surface area contributed by atoms with Crippen LogP contribution in [0.4, 0.5) is 5.13 Å². The van der Waals surface area contributed by atoms with Gasteiger partial charge in [-0.2, -0.15) is 0 Å². The van der Waals surface area contributed by atoms with Crippen molar-refractivity contribution in [1.29, 1.82) is 0 Å². The highest BCUT2D eigenvalue weighted by molar-refractivity contribution is 7.22. The summed E-state index contributed by atoms with van der Waals surface area (Å²) in [7, 11) is 0. The standard InChI is InChI=1S/C26H33N5O4S/c1-26(2,34)14-29-18-8-16(9-18)24(33)31-25-30-19-7-6-15(10-22(19)36-25)17-11-27-23(28-12-17)13-35-21-5-3-4-20(21)32/h6-7,10-12,16,18,20-21,29,32,34H,3-5,8-9,13-14H2,1-2H3,(H,30,31,33)/t16?,18?,20-,21-/m0/s1. The Hall–Kier alpha value is -2.50. The number of thiazole rings is 1. The van der Waals surface area contributed by atoms with Crippen molar-refractivity contribution in [3.63, 3.8) is 0 Å². The Labute approximate surface area is 214 Å². The van der Waals surface area contributed by atoms with E-state index in [2.05, 4.69) is 25.6 Å². The van der Waals surface area contributed by atoms with E-state index in [0.717, 1.165) is 53.4 Å². The first-order valence-corrected chi connectivity index (χ1v) is 13.3. The van der Waals surface area contributed by atoms with Gasteiger partial charge in [-0.3, -0.25) is 4.79 Å². The Balaban J connectivity index is 1.16. The van der Waals surface area contributed by atoms with Gasteiger partial charge in [0.15, 0.2) is 11.0 Å². The van der Waals surface area contributed by atoms with Crippen LogP contribution in [0.15, 0.2) is 30.6 Å². The summed E-state index contributed by atoms with van der Waals surface area (Å²) in [4.78, 5) is 26.1. The van der Waals surface area contributed by atoms with Crippen LogP contribution in [0.2, 0.25) is 0 Å². The molecule has 2 heterocycles. The largest absolute Gasteiger partial charge is 0.390 e. The smallest absolute Gasteiger partial charge is 0.229 e. The van der Waals surface area contributed by atoms with E-state index in [-0.39, 0.29) is 30.6 Å². The van der Waals surface area contributed by atoms with Gasteiger partial charge < -0.3 is 25.6 Å². The number of carbonyl (C=O) groups excluding carboxylic acids is 1. The normalized spacial score (nSPS) is 24.1. The van der Waals surface area contributed by atoms with Crippen LogP contribution in [0.1, 0.15) is 51.8 Å². The molecule has 3 aromatic rings. The van der Waals surface area contributed by atoms with Crippen LogP contribution >= 0.6 is 11.3 Å². The zero-order valence-corrected chi connectivity index (χ0v) is 21.4. The molecule has 0 saturated heterocycles. The molecular formula is C26H33N5O4S. The number of aliphatic hydroxyl groups excluding tert-OH is 1. The molecule has 192 valence electrons. The molecule has 0 bridgehead atoms. The summed E-state index contributed by atoms with van der Waals surface area (Å²) in [5.74, 6) is 0.547. The Morgan fingerprint density at radius 1 is 1.19 bits per heavy atom. The molecule has 36 heavy (non-hydrogen) atoms. The number of nitrogens with one attached hydrogen (secondary N) is 2. The summed E-state index contributed by atoms with van der Waals surface area (Å²) in [5.41, 5.74) is 1.94. The summed E-state index contributed by atoms with van der Waals surface area (Å²) < 4.78 is 6.75. The minimum atomic E-state index is -0.755. The number of rotatable bonds is 9. The second-order valence-corrected chi connectivity index (χ2v) is 11.5. The van der Waals surface area contributed by atoms with Gasteiger partial charge in [0, 0.05) is 36.5 Å². The lowest BCUT2D eigenvalue weighted by Gasteiger charge is -2.36. The second kappa shape index (κ2) is 10.5. The molecule has 2 aliphatic carbocycles. The number of aliphatic hydroxyl groups is 2. The highest BCUT2D eigenvalue weighted by atomic mass is 32.1. The van der Waals surface area contributed by atoms with Gasteiger partial charge in [0.2, 0.25) is 5.91 Å². The first kappa shape index (κ1) is 25.2. The number of amides is 1. The number of aromatic nitrogens is 3. The van der Waals surface area contributed by atoms with E-state index >= 15 is 0 Å². The van der Waals surface area contributed by atoms with Crippen molar-refractivity contribution in [2.45, 2.75) is 76.4 Å². The molecule has 9 nitrogen and oxygen atoms in total. The Bertz CT molecular complexity index is 1200. The second-order valence-electron chi connectivity index (χ2n) is 10.5. The number of nitrogens with zero attached hydrogens (tertiary/aromatic N) is 3. The highest BCUT2D eigenvalue weighted by Crippen LogP contribution is 2.33. The van der Waals surface area contributed by atoms with Gasteiger partial charge in [0.25, 0.3) is 0 Å². The number of fused-ring (bicyclic) bond motifs is 1. The lowest BCUT2D eigenvalue weighted by atomic mass is 9.79. The van der Waals surface area contributed by atoms with Crippen molar-refractivity contribution in [3.05, 3.63) is 36.4 Å². The van der Waals surface area contributed by atoms with E-state index in [9.17, 15) is 15.0 Å². The zero-order chi connectivity index (χ0) is 25.3. The van der Waals surface area contributed by atoms with Crippen molar-refractivity contribution in [2.24, 2.45) is 5.92 Å². The average Bonchev–Trinajstić information content (AvgIpc) is 3.40. The molecule has 0 spiro atoms. The predicted molar refractivity (Wildman–Crippen MR) is 139 cm³/mol. The number of ether oxygens (including phenoxy) is 1. The van der Waals surface area contributed by atoms with Crippen LogP contribution < -0.4 is 10.6 Å². The molecule has 2 aromatic heterocycles. The fourth-order valence-electron chi connectivity index (χ4n) is 4.62. The summed E-state index contributed by atoms with van der Waals surface area (Å²) in [6.07, 6.45) is 7.21. The number of hydrogen-bond acceptors (Lipinski definition) is 9. The number of hydrogen-bond donors (Lipinski definition) is 4. The molecule has 5 rings (SSSR count). The quantitative estimate of drug-likeness (QED) is 0.345. The molecular weight excluding hydrogens is 478 g/mol. The zero-order valence-electron chi connectivity index (χ0n) is 20.6. The van der Waals surface area contributed by atoms with E-state index in [1.54, 1.807) is 26.2 Å². The monoisotopic (exact) mass is 511 g/mol. The van der Waals surface area contributed by atoms with E-state index in [1.807, 2.05) is 18.2 Å². The molecule has 10 heteroatoms. The van der Waals surface area contributed by atoms with Crippen molar-refractivity contribution in [3.8, 4) is 11.1 Å². The van der Waals surface area contributed by atoms with Crippen LogP contribution in [0.3, 0.4) is 0 Å². The van der Waals surface area contributed by atoms with Gasteiger partial charge in [0.05, 0.1) is 28.0 Å². The Morgan fingerprint density at radius 3 is 2.67 bits per heavy atom. The van der Waals surface area contributed by atoms with Crippen LogP contribution in [-0.4, -0.2) is 61.5 Å². The molecule has 2 fully saturated rings. The van der Waals surface area contributed by atoms with Gasteiger partial charge in [-0.25, -0.2) is 15.0 Å². The van der Waals surface area contributed by atoms with Crippen LogP contribution in [-0.2, 0) is 16.1 Å². The van der Waals surface area contributed by atoms with Crippen LogP contribution in [0, 0.1) is 5.92 Å². The van der Waals surface area contributed by atoms with Gasteiger partial charge in [-0.05, 0) is 63.6 Å². The number of carbonyl (C=O) groups is 1. The lowest BCUT2D eigenvalue weighted by Crippen LogP contribution is -2.49. The maximum atomic E-state index is 12.6. The van der Waals surface area contributed by atoms with Crippen molar-refractivity contribution in [1.82, 2.24) is 20.3 Å². The molecule has 4 N–H and O–H groups in total. The maximum Gasteiger partial charge on any atom is 0.229 e. The molecule has 0 aliphatic heterocycles. The van der Waals surface area contributed by atoms with Crippen LogP contribution in [0.25, 0.3) is 21.3 Å². The van der Waals surface area contributed by atoms with Crippen molar-refractivity contribution < 1.29 is 19.7 Å². The lowest BCUT2D eigenvalue weighted by molar-refractivity contribution is -0.123. The predicted octanol–water partition coefficient (Wildman–Crippen LogP) is 3.26. The maximum absolute atomic E-state index is 12.6. The molecule has 0 unspecified atom stereocenters. The van der Waals surface area contributed by atoms with Crippen molar-refractivity contribution >= 4 is 32.6 Å². The van der Waals surface area contributed by atoms with Gasteiger partial charge in [-0.15, -0.1) is 0 Å². The molecule has 1 aromatic carbocycles.